The molecular weight excluding hydrogens is 408 g/mol. The van der Waals surface area contributed by atoms with E-state index in [0.29, 0.717) is 11.5 Å². The van der Waals surface area contributed by atoms with Gasteiger partial charge in [-0.2, -0.15) is 26.3 Å². The summed E-state index contributed by atoms with van der Waals surface area (Å²) in [6, 6.07) is 0. The lowest BCUT2D eigenvalue weighted by molar-refractivity contribution is -0.233. The van der Waals surface area contributed by atoms with Gasteiger partial charge in [-0.25, -0.2) is 0 Å². The number of alkyl halides is 6. The fraction of sp³-hybridized carbons (Fsp3) is 0.857. The zero-order valence-corrected chi connectivity index (χ0v) is 15.2. The Bertz CT molecular complexity index is 486. The third kappa shape index (κ3) is 7.85. The average molecular weight is 427 g/mol. The highest BCUT2D eigenvalue weighted by molar-refractivity contribution is 8.76. The molecule has 1 aliphatic rings. The van der Waals surface area contributed by atoms with Gasteiger partial charge in [-0.05, 0) is 19.3 Å². The molecule has 1 amide bonds. The van der Waals surface area contributed by atoms with Gasteiger partial charge in [0, 0.05) is 24.0 Å². The normalized spacial score (nSPS) is 24.3. The number of halogens is 6. The highest BCUT2D eigenvalue weighted by atomic mass is 33.1. The Kier molecular flexibility index (Phi) is 8.90. The Morgan fingerprint density at radius 3 is 2.15 bits per heavy atom. The van der Waals surface area contributed by atoms with E-state index in [1.165, 1.54) is 21.6 Å². The van der Waals surface area contributed by atoms with Crippen LogP contribution in [0.4, 0.5) is 26.3 Å². The predicted octanol–water partition coefficient (Wildman–Crippen LogP) is 4.12. The molecule has 0 aliphatic heterocycles. The van der Waals surface area contributed by atoms with Gasteiger partial charge in [0.25, 0.3) is 0 Å². The van der Waals surface area contributed by atoms with Gasteiger partial charge < -0.3 is 10.4 Å². The van der Waals surface area contributed by atoms with Crippen LogP contribution in [0.5, 0.6) is 0 Å². The lowest BCUT2D eigenvalue weighted by atomic mass is 9.73. The predicted molar refractivity (Wildman–Crippen MR) is 86.6 cm³/mol. The van der Waals surface area contributed by atoms with Gasteiger partial charge in [-0.15, -0.1) is 0 Å². The van der Waals surface area contributed by atoms with E-state index < -0.39 is 61.2 Å². The third-order valence-corrected chi connectivity index (χ3v) is 6.45. The Morgan fingerprint density at radius 2 is 1.62 bits per heavy atom. The first-order chi connectivity index (χ1) is 11.9. The number of carboxylic acid groups (broad SMARTS) is 1. The number of hydrogen-bond donors (Lipinski definition) is 2. The number of rotatable bonds is 8. The average Bonchev–Trinajstić information content (AvgIpc) is 2.51. The number of amides is 1. The minimum atomic E-state index is -4.87. The molecule has 1 aliphatic carbocycles. The standard InChI is InChI=1S/C14H19F6NO3S2/c15-13(16,17)8-1-2-9(10(7-8)14(18,19)20)12(24)21-4-6-26-25-5-3-11(22)23/h8-10H,1-7H2,(H,21,24)(H,22,23). The van der Waals surface area contributed by atoms with E-state index in [4.69, 9.17) is 5.11 Å². The molecule has 0 radical (unpaired) electrons. The smallest absolute Gasteiger partial charge is 0.392 e. The van der Waals surface area contributed by atoms with Crippen molar-refractivity contribution in [3.8, 4) is 0 Å². The molecule has 2 N–H and O–H groups in total. The molecule has 1 fully saturated rings. The maximum absolute atomic E-state index is 13.1. The van der Waals surface area contributed by atoms with E-state index in [-0.39, 0.29) is 13.0 Å². The van der Waals surface area contributed by atoms with Crippen molar-refractivity contribution in [2.24, 2.45) is 17.8 Å². The lowest BCUT2D eigenvalue weighted by Crippen LogP contribution is -2.46. The Morgan fingerprint density at radius 1 is 1.00 bits per heavy atom. The number of hydrogen-bond acceptors (Lipinski definition) is 4. The van der Waals surface area contributed by atoms with Crippen LogP contribution in [0.1, 0.15) is 25.7 Å². The van der Waals surface area contributed by atoms with Crippen LogP contribution in [0.3, 0.4) is 0 Å². The zero-order chi connectivity index (χ0) is 20.0. The van der Waals surface area contributed by atoms with Gasteiger partial charge in [0.2, 0.25) is 5.91 Å². The van der Waals surface area contributed by atoms with Crippen molar-refractivity contribution in [2.75, 3.05) is 18.1 Å². The fourth-order valence-corrected chi connectivity index (χ4v) is 4.62. The monoisotopic (exact) mass is 427 g/mol. The van der Waals surface area contributed by atoms with E-state index in [9.17, 15) is 35.9 Å². The summed E-state index contributed by atoms with van der Waals surface area (Å²) in [7, 11) is 2.52. The number of carbonyl (C=O) groups excluding carboxylic acids is 1. The maximum atomic E-state index is 13.1. The first kappa shape index (κ1) is 23.3. The van der Waals surface area contributed by atoms with Crippen LogP contribution in [0.2, 0.25) is 0 Å². The molecule has 0 saturated heterocycles. The molecule has 4 nitrogen and oxygen atoms in total. The summed E-state index contributed by atoms with van der Waals surface area (Å²) in [5.74, 6) is -6.99. The molecule has 3 atom stereocenters. The molecule has 0 aromatic rings. The second-order valence-corrected chi connectivity index (χ2v) is 8.59. The SMILES string of the molecule is O=C(O)CCSSCCNC(=O)C1CCC(C(F)(F)F)CC1C(F)(F)F. The molecule has 0 aromatic carbocycles. The summed E-state index contributed by atoms with van der Waals surface area (Å²) < 4.78 is 77.5. The first-order valence-corrected chi connectivity index (χ1v) is 10.3. The molecule has 0 spiro atoms. The highest BCUT2D eigenvalue weighted by Crippen LogP contribution is 2.48. The Balaban J connectivity index is 2.47. The summed E-state index contributed by atoms with van der Waals surface area (Å²) in [4.78, 5) is 22.3. The van der Waals surface area contributed by atoms with Gasteiger partial charge in [-0.3, -0.25) is 9.59 Å². The maximum Gasteiger partial charge on any atom is 0.392 e. The van der Waals surface area contributed by atoms with Crippen LogP contribution in [0.25, 0.3) is 0 Å². The number of carboxylic acids is 1. The van der Waals surface area contributed by atoms with Crippen molar-refractivity contribution >= 4 is 33.5 Å². The fourth-order valence-electron chi connectivity index (χ4n) is 2.74. The van der Waals surface area contributed by atoms with Crippen molar-refractivity contribution in [2.45, 2.75) is 38.0 Å². The van der Waals surface area contributed by atoms with Crippen LogP contribution in [0, 0.1) is 17.8 Å². The van der Waals surface area contributed by atoms with E-state index in [0.717, 1.165) is 0 Å². The molecule has 26 heavy (non-hydrogen) atoms. The minimum Gasteiger partial charge on any atom is -0.481 e. The van der Waals surface area contributed by atoms with E-state index in [1.54, 1.807) is 0 Å². The highest BCUT2D eigenvalue weighted by Gasteiger charge is 2.54. The molecule has 0 heterocycles. The summed E-state index contributed by atoms with van der Waals surface area (Å²) in [6.45, 7) is 0.0628. The molecule has 0 bridgehead atoms. The topological polar surface area (TPSA) is 66.4 Å². The van der Waals surface area contributed by atoms with Gasteiger partial charge in [0.1, 0.15) is 0 Å². The van der Waals surface area contributed by atoms with E-state index in [1.807, 2.05) is 0 Å². The van der Waals surface area contributed by atoms with E-state index in [2.05, 4.69) is 5.32 Å². The van der Waals surface area contributed by atoms with Crippen LogP contribution in [-0.2, 0) is 9.59 Å². The van der Waals surface area contributed by atoms with E-state index >= 15 is 0 Å². The van der Waals surface area contributed by atoms with Gasteiger partial charge >= 0.3 is 18.3 Å². The number of carbonyl (C=O) groups is 2. The molecular formula is C14H19F6NO3S2. The number of aliphatic carboxylic acids is 1. The minimum absolute atomic E-state index is 0.0280. The molecule has 1 rings (SSSR count). The van der Waals surface area contributed by atoms with Crippen molar-refractivity contribution in [3.63, 3.8) is 0 Å². The molecule has 3 unspecified atom stereocenters. The largest absolute Gasteiger partial charge is 0.481 e. The van der Waals surface area contributed by atoms with Crippen LogP contribution in [-0.4, -0.2) is 47.4 Å². The molecule has 152 valence electrons. The van der Waals surface area contributed by atoms with Crippen LogP contribution in [0.15, 0.2) is 0 Å². The van der Waals surface area contributed by atoms with Crippen molar-refractivity contribution in [3.05, 3.63) is 0 Å². The van der Waals surface area contributed by atoms with Crippen LogP contribution >= 0.6 is 21.6 Å². The second-order valence-electron chi connectivity index (χ2n) is 5.88. The lowest BCUT2D eigenvalue weighted by Gasteiger charge is -2.37. The van der Waals surface area contributed by atoms with Gasteiger partial charge in [0.05, 0.1) is 18.3 Å². The molecule has 0 aromatic heterocycles. The Hall–Kier alpha value is -0.780. The number of nitrogens with one attached hydrogen (secondary N) is 1. The summed E-state index contributed by atoms with van der Waals surface area (Å²) in [6.07, 6.45) is -11.7. The summed E-state index contributed by atoms with van der Waals surface area (Å²) in [5.41, 5.74) is 0. The quantitative estimate of drug-likeness (QED) is 0.347. The van der Waals surface area contributed by atoms with Crippen LogP contribution < -0.4 is 5.32 Å². The van der Waals surface area contributed by atoms with Crippen molar-refractivity contribution < 1.29 is 41.0 Å². The summed E-state index contributed by atoms with van der Waals surface area (Å²) in [5, 5.41) is 10.8. The molecule has 1 saturated carbocycles. The molecule has 12 heteroatoms. The zero-order valence-electron chi connectivity index (χ0n) is 13.5. The van der Waals surface area contributed by atoms with Gasteiger partial charge in [-0.1, -0.05) is 21.6 Å². The summed E-state index contributed by atoms with van der Waals surface area (Å²) >= 11 is 0. The van der Waals surface area contributed by atoms with Gasteiger partial charge in [0.15, 0.2) is 0 Å². The second kappa shape index (κ2) is 9.95. The first-order valence-electron chi connectivity index (χ1n) is 7.80. The third-order valence-electron chi connectivity index (χ3n) is 4.04. The van der Waals surface area contributed by atoms with Crippen molar-refractivity contribution in [1.82, 2.24) is 5.32 Å². The Labute approximate surface area is 154 Å². The van der Waals surface area contributed by atoms with Crippen molar-refractivity contribution in [1.29, 1.82) is 0 Å².